The standard InChI is InChI=1S/C9H14O3/c1-9-6-3-4(7(9)10)2-5(6)8(11)12-9/h4-8,10-11H,2-3H2,1H3/t4?,5-,6?,7?,8?,9?/m1/s1. The Bertz CT molecular complexity index is 228. The van der Waals surface area contributed by atoms with Crippen LogP contribution in [0.15, 0.2) is 0 Å². The Kier molecular flexibility index (Phi) is 1.13. The van der Waals surface area contributed by atoms with E-state index in [9.17, 15) is 10.2 Å². The molecule has 2 aliphatic carbocycles. The van der Waals surface area contributed by atoms with Crippen molar-refractivity contribution in [1.82, 2.24) is 0 Å². The second-order valence-electron chi connectivity index (χ2n) is 4.64. The quantitative estimate of drug-likeness (QED) is 0.542. The molecule has 68 valence electrons. The molecule has 0 aromatic heterocycles. The highest BCUT2D eigenvalue weighted by atomic mass is 16.6. The molecule has 2 saturated carbocycles. The van der Waals surface area contributed by atoms with Crippen LogP contribution in [0.5, 0.6) is 0 Å². The Morgan fingerprint density at radius 2 is 2.08 bits per heavy atom. The van der Waals surface area contributed by atoms with Gasteiger partial charge in [-0.15, -0.1) is 0 Å². The minimum Gasteiger partial charge on any atom is -0.390 e. The number of hydrogen-bond acceptors (Lipinski definition) is 3. The maximum absolute atomic E-state index is 9.85. The van der Waals surface area contributed by atoms with Crippen LogP contribution in [0.25, 0.3) is 0 Å². The van der Waals surface area contributed by atoms with E-state index in [1.165, 1.54) is 0 Å². The van der Waals surface area contributed by atoms with E-state index in [0.717, 1.165) is 12.8 Å². The third-order valence-electron chi connectivity index (χ3n) is 4.16. The zero-order valence-electron chi connectivity index (χ0n) is 7.10. The third kappa shape index (κ3) is 0.573. The SMILES string of the molecule is CC12OC(O)[C@@H]3CC(CC31)C2O. The highest BCUT2D eigenvalue weighted by molar-refractivity contribution is 5.13. The molecule has 3 aliphatic rings. The molecule has 6 atom stereocenters. The van der Waals surface area contributed by atoms with Crippen LogP contribution in [0.2, 0.25) is 0 Å². The number of ether oxygens (including phenoxy) is 1. The van der Waals surface area contributed by atoms with Crippen molar-refractivity contribution in [3.8, 4) is 0 Å². The van der Waals surface area contributed by atoms with Crippen LogP contribution in [0.4, 0.5) is 0 Å². The van der Waals surface area contributed by atoms with Crippen LogP contribution in [0.1, 0.15) is 19.8 Å². The molecule has 5 unspecified atom stereocenters. The molecule has 1 heterocycles. The van der Waals surface area contributed by atoms with Crippen LogP contribution in [0, 0.1) is 17.8 Å². The van der Waals surface area contributed by atoms with Gasteiger partial charge in [0.15, 0.2) is 6.29 Å². The van der Waals surface area contributed by atoms with Gasteiger partial charge in [0.1, 0.15) is 0 Å². The molecule has 3 rings (SSSR count). The predicted octanol–water partition coefficient (Wildman–Crippen LogP) is 0.111. The minimum atomic E-state index is -0.623. The highest BCUT2D eigenvalue weighted by Gasteiger charge is 2.67. The first-order valence-corrected chi connectivity index (χ1v) is 4.67. The number of hydrogen-bond donors (Lipinski definition) is 2. The van der Waals surface area contributed by atoms with Crippen LogP contribution in [0.3, 0.4) is 0 Å². The summed E-state index contributed by atoms with van der Waals surface area (Å²) in [6, 6.07) is 0. The van der Waals surface area contributed by atoms with E-state index in [1.54, 1.807) is 0 Å². The summed E-state index contributed by atoms with van der Waals surface area (Å²) < 4.78 is 5.44. The van der Waals surface area contributed by atoms with Gasteiger partial charge < -0.3 is 14.9 Å². The summed E-state index contributed by atoms with van der Waals surface area (Å²) in [7, 11) is 0. The zero-order chi connectivity index (χ0) is 8.51. The summed E-state index contributed by atoms with van der Waals surface area (Å²) in [5, 5.41) is 19.4. The lowest BCUT2D eigenvalue weighted by atomic mass is 9.79. The molecular formula is C9H14O3. The molecule has 3 nitrogen and oxygen atoms in total. The van der Waals surface area contributed by atoms with E-state index in [1.807, 2.05) is 6.92 Å². The molecule has 0 aromatic rings. The monoisotopic (exact) mass is 170 g/mol. The Hall–Kier alpha value is -0.120. The maximum atomic E-state index is 9.85. The van der Waals surface area contributed by atoms with Gasteiger partial charge in [0.2, 0.25) is 0 Å². The van der Waals surface area contributed by atoms with Crippen LogP contribution in [-0.2, 0) is 4.74 Å². The van der Waals surface area contributed by atoms with Gasteiger partial charge in [0.05, 0.1) is 11.7 Å². The Labute approximate surface area is 71.3 Å². The van der Waals surface area contributed by atoms with E-state index >= 15 is 0 Å². The van der Waals surface area contributed by atoms with Crippen molar-refractivity contribution in [1.29, 1.82) is 0 Å². The smallest absolute Gasteiger partial charge is 0.158 e. The third-order valence-corrected chi connectivity index (χ3v) is 4.16. The number of aliphatic hydroxyl groups is 2. The lowest BCUT2D eigenvalue weighted by molar-refractivity contribution is -0.167. The number of aliphatic hydroxyl groups excluding tert-OH is 2. The van der Waals surface area contributed by atoms with E-state index < -0.39 is 11.9 Å². The summed E-state index contributed by atoms with van der Waals surface area (Å²) in [4.78, 5) is 0. The molecule has 1 saturated heterocycles. The first-order chi connectivity index (χ1) is 5.63. The average molecular weight is 170 g/mol. The summed E-state index contributed by atoms with van der Waals surface area (Å²) >= 11 is 0. The van der Waals surface area contributed by atoms with Gasteiger partial charge in [-0.3, -0.25) is 0 Å². The highest BCUT2D eigenvalue weighted by Crippen LogP contribution is 2.61. The topological polar surface area (TPSA) is 49.7 Å². The van der Waals surface area contributed by atoms with Crippen molar-refractivity contribution >= 4 is 0 Å². The van der Waals surface area contributed by atoms with Crippen molar-refractivity contribution in [3.05, 3.63) is 0 Å². The van der Waals surface area contributed by atoms with Crippen LogP contribution in [-0.4, -0.2) is 28.2 Å². The summed E-state index contributed by atoms with van der Waals surface area (Å²) in [5.41, 5.74) is -0.438. The molecule has 0 radical (unpaired) electrons. The predicted molar refractivity (Wildman–Crippen MR) is 41.2 cm³/mol. The summed E-state index contributed by atoms with van der Waals surface area (Å²) in [5.74, 6) is 1.07. The molecule has 2 N–H and O–H groups in total. The summed E-state index contributed by atoms with van der Waals surface area (Å²) in [6.45, 7) is 1.94. The molecule has 0 aromatic carbocycles. The average Bonchev–Trinajstić information content (AvgIpc) is 2.56. The fraction of sp³-hybridized carbons (Fsp3) is 1.00. The minimum absolute atomic E-state index is 0.295. The van der Waals surface area contributed by atoms with E-state index in [-0.39, 0.29) is 6.10 Å². The van der Waals surface area contributed by atoms with E-state index in [2.05, 4.69) is 0 Å². The van der Waals surface area contributed by atoms with Gasteiger partial charge in [-0.05, 0) is 31.6 Å². The van der Waals surface area contributed by atoms with Gasteiger partial charge in [0.25, 0.3) is 0 Å². The molecule has 0 spiro atoms. The van der Waals surface area contributed by atoms with Gasteiger partial charge in [-0.2, -0.15) is 0 Å². The van der Waals surface area contributed by atoms with Gasteiger partial charge >= 0.3 is 0 Å². The maximum Gasteiger partial charge on any atom is 0.158 e. The Morgan fingerprint density at radius 3 is 2.67 bits per heavy atom. The van der Waals surface area contributed by atoms with Crippen molar-refractivity contribution in [3.63, 3.8) is 0 Å². The molecule has 3 fully saturated rings. The Balaban J connectivity index is 2.05. The molecule has 2 bridgehead atoms. The van der Waals surface area contributed by atoms with E-state index in [0.29, 0.717) is 17.8 Å². The molecule has 1 aliphatic heterocycles. The molecule has 3 heteroatoms. The first kappa shape index (κ1) is 7.30. The summed E-state index contributed by atoms with van der Waals surface area (Å²) in [6.07, 6.45) is 1.01. The molecular weight excluding hydrogens is 156 g/mol. The van der Waals surface area contributed by atoms with Gasteiger partial charge in [-0.1, -0.05) is 0 Å². The fourth-order valence-electron chi connectivity index (χ4n) is 3.54. The van der Waals surface area contributed by atoms with Crippen molar-refractivity contribution < 1.29 is 14.9 Å². The normalized spacial score (nSPS) is 67.8. The second kappa shape index (κ2) is 1.86. The lowest BCUT2D eigenvalue weighted by Crippen LogP contribution is -2.43. The largest absolute Gasteiger partial charge is 0.390 e. The van der Waals surface area contributed by atoms with Crippen molar-refractivity contribution in [2.45, 2.75) is 37.8 Å². The van der Waals surface area contributed by atoms with E-state index in [4.69, 9.17) is 4.74 Å². The molecule has 0 amide bonds. The zero-order valence-corrected chi connectivity index (χ0v) is 7.10. The van der Waals surface area contributed by atoms with Gasteiger partial charge in [-0.25, -0.2) is 0 Å². The molecule has 12 heavy (non-hydrogen) atoms. The van der Waals surface area contributed by atoms with Crippen molar-refractivity contribution in [2.24, 2.45) is 17.8 Å². The van der Waals surface area contributed by atoms with Crippen LogP contribution < -0.4 is 0 Å². The van der Waals surface area contributed by atoms with Crippen molar-refractivity contribution in [2.75, 3.05) is 0 Å². The number of fused-ring (bicyclic) bond motifs is 1. The Morgan fingerprint density at radius 1 is 1.33 bits per heavy atom. The first-order valence-electron chi connectivity index (χ1n) is 4.67. The van der Waals surface area contributed by atoms with Crippen LogP contribution >= 0.6 is 0 Å². The lowest BCUT2D eigenvalue weighted by Gasteiger charge is -2.31. The van der Waals surface area contributed by atoms with Gasteiger partial charge in [0, 0.05) is 5.92 Å². The second-order valence-corrected chi connectivity index (χ2v) is 4.64. The number of rotatable bonds is 0. The fourth-order valence-corrected chi connectivity index (χ4v) is 3.54.